The van der Waals surface area contributed by atoms with Crippen LogP contribution in [0.1, 0.15) is 31.4 Å². The summed E-state index contributed by atoms with van der Waals surface area (Å²) in [6, 6.07) is 4.41. The largest absolute Gasteiger partial charge is 0.320 e. The lowest BCUT2D eigenvalue weighted by atomic mass is 9.81. The maximum atomic E-state index is 3.67. The Morgan fingerprint density at radius 3 is 2.38 bits per heavy atom. The molecule has 1 nitrogen and oxygen atoms in total. The first kappa shape index (κ1) is 14.2. The Bertz CT molecular complexity index is 372. The smallest absolute Gasteiger partial charge is 0.0216 e. The Balaban J connectivity index is 3.07. The average molecular weight is 349 g/mol. The van der Waals surface area contributed by atoms with Crippen molar-refractivity contribution in [3.05, 3.63) is 32.2 Å². The van der Waals surface area contributed by atoms with Gasteiger partial charge in [0, 0.05) is 8.95 Å². The van der Waals surface area contributed by atoms with E-state index in [2.05, 4.69) is 70.1 Å². The summed E-state index contributed by atoms with van der Waals surface area (Å²) in [5.41, 5.74) is 2.80. The summed E-state index contributed by atoms with van der Waals surface area (Å²) in [4.78, 5) is 0. The Morgan fingerprint density at radius 2 is 1.81 bits per heavy atom. The number of rotatable bonds is 4. The van der Waals surface area contributed by atoms with Gasteiger partial charge in [0.1, 0.15) is 0 Å². The molecule has 16 heavy (non-hydrogen) atoms. The van der Waals surface area contributed by atoms with E-state index in [1.54, 1.807) is 0 Å². The predicted octanol–water partition coefficient (Wildman–Crippen LogP) is 4.41. The summed E-state index contributed by atoms with van der Waals surface area (Å²) in [5.74, 6) is 0. The van der Waals surface area contributed by atoms with Crippen LogP contribution in [-0.4, -0.2) is 13.6 Å². The van der Waals surface area contributed by atoms with E-state index in [1.807, 2.05) is 7.05 Å². The summed E-state index contributed by atoms with van der Waals surface area (Å²) in [7, 11) is 2.00. The average Bonchev–Trinajstić information content (AvgIpc) is 2.20. The van der Waals surface area contributed by atoms with Gasteiger partial charge in [-0.3, -0.25) is 0 Å². The Hall–Kier alpha value is 0.140. The fourth-order valence-corrected chi connectivity index (χ4v) is 3.07. The van der Waals surface area contributed by atoms with E-state index in [0.717, 1.165) is 13.0 Å². The van der Waals surface area contributed by atoms with Gasteiger partial charge in [0.25, 0.3) is 0 Å². The molecule has 0 bridgehead atoms. The minimum absolute atomic E-state index is 0.179. The second-order valence-electron chi connectivity index (χ2n) is 4.82. The van der Waals surface area contributed by atoms with Gasteiger partial charge in [-0.25, -0.2) is 0 Å². The molecule has 1 aromatic carbocycles. The van der Waals surface area contributed by atoms with Crippen LogP contribution in [0, 0.1) is 6.92 Å². The predicted molar refractivity (Wildman–Crippen MR) is 78.1 cm³/mol. The lowest BCUT2D eigenvalue weighted by molar-refractivity contribution is 0.466. The Kier molecular flexibility index (Phi) is 5.02. The van der Waals surface area contributed by atoms with Gasteiger partial charge >= 0.3 is 0 Å². The van der Waals surface area contributed by atoms with E-state index < -0.39 is 0 Å². The molecule has 0 amide bonds. The summed E-state index contributed by atoms with van der Waals surface area (Å²) in [6.07, 6.45) is 1.12. The minimum atomic E-state index is 0.179. The molecule has 0 aromatic heterocycles. The third-order valence-corrected chi connectivity index (χ3v) is 4.49. The normalized spacial score (nSPS) is 11.9. The van der Waals surface area contributed by atoms with Gasteiger partial charge in [0.05, 0.1) is 0 Å². The Labute approximate surface area is 115 Å². The van der Waals surface area contributed by atoms with Crippen molar-refractivity contribution in [3.8, 4) is 0 Å². The molecule has 0 saturated carbocycles. The molecule has 0 radical (unpaired) electrons. The van der Waals surface area contributed by atoms with Crippen LogP contribution in [-0.2, 0) is 5.41 Å². The van der Waals surface area contributed by atoms with Crippen LogP contribution in [0.25, 0.3) is 0 Å². The van der Waals surface area contributed by atoms with Crippen molar-refractivity contribution in [1.29, 1.82) is 0 Å². The van der Waals surface area contributed by atoms with Crippen LogP contribution in [0.4, 0.5) is 0 Å². The second kappa shape index (κ2) is 5.65. The maximum Gasteiger partial charge on any atom is 0.0216 e. The van der Waals surface area contributed by atoms with Gasteiger partial charge in [0.2, 0.25) is 0 Å². The molecule has 90 valence electrons. The molecular formula is C13H19Br2N. The van der Waals surface area contributed by atoms with Crippen molar-refractivity contribution in [2.45, 2.75) is 32.6 Å². The second-order valence-corrected chi connectivity index (χ2v) is 6.53. The van der Waals surface area contributed by atoms with Crippen molar-refractivity contribution in [2.75, 3.05) is 13.6 Å². The molecule has 0 aliphatic rings. The SMILES string of the molecule is CNCCC(C)(C)c1cc(Br)c(C)cc1Br. The molecule has 3 heteroatoms. The van der Waals surface area contributed by atoms with Crippen LogP contribution in [0.3, 0.4) is 0 Å². The van der Waals surface area contributed by atoms with Crippen LogP contribution in [0.5, 0.6) is 0 Å². The zero-order chi connectivity index (χ0) is 12.3. The fraction of sp³-hybridized carbons (Fsp3) is 0.538. The number of hydrogen-bond donors (Lipinski definition) is 1. The van der Waals surface area contributed by atoms with Gasteiger partial charge < -0.3 is 5.32 Å². The number of nitrogens with one attached hydrogen (secondary N) is 1. The first-order chi connectivity index (χ1) is 7.38. The highest BCUT2D eigenvalue weighted by Gasteiger charge is 2.23. The van der Waals surface area contributed by atoms with Crippen molar-refractivity contribution < 1.29 is 0 Å². The highest BCUT2D eigenvalue weighted by atomic mass is 79.9. The van der Waals surface area contributed by atoms with Crippen LogP contribution < -0.4 is 5.32 Å². The van der Waals surface area contributed by atoms with Gasteiger partial charge in [0.15, 0.2) is 0 Å². The molecule has 0 unspecified atom stereocenters. The first-order valence-electron chi connectivity index (χ1n) is 5.49. The third kappa shape index (κ3) is 3.31. The number of aryl methyl sites for hydroxylation is 1. The van der Waals surface area contributed by atoms with E-state index in [1.165, 1.54) is 20.1 Å². The molecule has 1 N–H and O–H groups in total. The Morgan fingerprint density at radius 1 is 1.19 bits per heavy atom. The van der Waals surface area contributed by atoms with Crippen molar-refractivity contribution in [3.63, 3.8) is 0 Å². The van der Waals surface area contributed by atoms with Crippen LogP contribution in [0.15, 0.2) is 21.1 Å². The minimum Gasteiger partial charge on any atom is -0.320 e. The molecule has 0 aliphatic carbocycles. The molecule has 0 atom stereocenters. The molecule has 0 heterocycles. The zero-order valence-electron chi connectivity index (χ0n) is 10.3. The highest BCUT2D eigenvalue weighted by Crippen LogP contribution is 2.36. The molecule has 1 rings (SSSR count). The van der Waals surface area contributed by atoms with Gasteiger partial charge in [-0.15, -0.1) is 0 Å². The van der Waals surface area contributed by atoms with Gasteiger partial charge in [-0.2, -0.15) is 0 Å². The quantitative estimate of drug-likeness (QED) is 0.849. The lowest BCUT2D eigenvalue weighted by Gasteiger charge is -2.27. The summed E-state index contributed by atoms with van der Waals surface area (Å²) in [5, 5.41) is 3.21. The van der Waals surface area contributed by atoms with Crippen molar-refractivity contribution in [1.82, 2.24) is 5.32 Å². The monoisotopic (exact) mass is 347 g/mol. The fourth-order valence-electron chi connectivity index (χ4n) is 1.74. The molecule has 0 spiro atoms. The van der Waals surface area contributed by atoms with E-state index in [4.69, 9.17) is 0 Å². The van der Waals surface area contributed by atoms with Crippen molar-refractivity contribution in [2.24, 2.45) is 0 Å². The number of halogens is 2. The summed E-state index contributed by atoms with van der Waals surface area (Å²) in [6.45, 7) is 7.71. The topological polar surface area (TPSA) is 12.0 Å². The molecule has 0 saturated heterocycles. The summed E-state index contributed by atoms with van der Waals surface area (Å²) < 4.78 is 2.39. The zero-order valence-corrected chi connectivity index (χ0v) is 13.5. The lowest BCUT2D eigenvalue weighted by Crippen LogP contribution is -2.24. The van der Waals surface area contributed by atoms with E-state index in [9.17, 15) is 0 Å². The van der Waals surface area contributed by atoms with Crippen LogP contribution >= 0.6 is 31.9 Å². The standard InChI is InChI=1S/C13H19Br2N/c1-9-7-12(15)10(8-11(9)14)13(2,3)5-6-16-4/h7-8,16H,5-6H2,1-4H3. The van der Waals surface area contributed by atoms with E-state index in [0.29, 0.717) is 0 Å². The highest BCUT2D eigenvalue weighted by molar-refractivity contribution is 9.11. The number of benzene rings is 1. The molecular weight excluding hydrogens is 330 g/mol. The number of hydrogen-bond acceptors (Lipinski definition) is 1. The van der Waals surface area contributed by atoms with Crippen LogP contribution in [0.2, 0.25) is 0 Å². The van der Waals surface area contributed by atoms with Gasteiger partial charge in [-0.05, 0) is 55.6 Å². The van der Waals surface area contributed by atoms with Gasteiger partial charge in [-0.1, -0.05) is 45.7 Å². The van der Waals surface area contributed by atoms with Crippen molar-refractivity contribution >= 4 is 31.9 Å². The van der Waals surface area contributed by atoms with E-state index >= 15 is 0 Å². The first-order valence-corrected chi connectivity index (χ1v) is 7.08. The molecule has 0 fully saturated rings. The molecule has 1 aromatic rings. The molecule has 0 aliphatic heterocycles. The van der Waals surface area contributed by atoms with E-state index in [-0.39, 0.29) is 5.41 Å². The summed E-state index contributed by atoms with van der Waals surface area (Å²) >= 11 is 7.27. The third-order valence-electron chi connectivity index (χ3n) is 2.98. The maximum absolute atomic E-state index is 3.67.